The fraction of sp³-hybridized carbons (Fsp3) is 0.611. The Morgan fingerprint density at radius 1 is 1.38 bits per heavy atom. The van der Waals surface area contributed by atoms with Crippen LogP contribution in [-0.4, -0.2) is 45.3 Å². The molecule has 1 atom stereocenters. The van der Waals surface area contributed by atoms with E-state index in [1.54, 1.807) is 7.11 Å². The summed E-state index contributed by atoms with van der Waals surface area (Å²) < 4.78 is 5.32. The SMILES string of the molecule is CN=C(NCC1CCN(c2cccc(OC)c2)C1)NC(C)(C)C.I. The minimum absolute atomic E-state index is 0. The number of ether oxygens (including phenoxy) is 1. The van der Waals surface area contributed by atoms with Gasteiger partial charge in [-0.15, -0.1) is 24.0 Å². The maximum atomic E-state index is 5.32. The molecule has 1 unspecified atom stereocenters. The van der Waals surface area contributed by atoms with E-state index in [-0.39, 0.29) is 29.5 Å². The molecular formula is C18H31IN4O. The van der Waals surface area contributed by atoms with E-state index in [0.717, 1.165) is 31.3 Å². The third kappa shape index (κ3) is 6.37. The van der Waals surface area contributed by atoms with Crippen LogP contribution in [0.4, 0.5) is 5.69 Å². The Labute approximate surface area is 163 Å². The lowest BCUT2D eigenvalue weighted by Crippen LogP contribution is -2.48. The van der Waals surface area contributed by atoms with Crippen molar-refractivity contribution in [3.63, 3.8) is 0 Å². The molecule has 1 aromatic rings. The molecular weight excluding hydrogens is 415 g/mol. The van der Waals surface area contributed by atoms with E-state index < -0.39 is 0 Å². The van der Waals surface area contributed by atoms with Crippen LogP contribution in [-0.2, 0) is 0 Å². The highest BCUT2D eigenvalue weighted by molar-refractivity contribution is 14.0. The van der Waals surface area contributed by atoms with E-state index in [1.807, 2.05) is 13.1 Å². The van der Waals surface area contributed by atoms with Crippen molar-refractivity contribution in [2.45, 2.75) is 32.7 Å². The second kappa shape index (κ2) is 9.34. The summed E-state index contributed by atoms with van der Waals surface area (Å²) in [4.78, 5) is 6.72. The lowest BCUT2D eigenvalue weighted by Gasteiger charge is -2.25. The van der Waals surface area contributed by atoms with Crippen LogP contribution in [0, 0.1) is 5.92 Å². The second-order valence-corrected chi connectivity index (χ2v) is 7.13. The van der Waals surface area contributed by atoms with Crippen LogP contribution in [0.3, 0.4) is 0 Å². The third-order valence-corrected chi connectivity index (χ3v) is 3.98. The van der Waals surface area contributed by atoms with Gasteiger partial charge in [-0.2, -0.15) is 0 Å². The molecule has 1 aliphatic rings. The number of aliphatic imine (C=N–C) groups is 1. The first kappa shape index (κ1) is 20.9. The number of hydrogen-bond donors (Lipinski definition) is 2. The predicted molar refractivity (Wildman–Crippen MR) is 113 cm³/mol. The summed E-state index contributed by atoms with van der Waals surface area (Å²) in [5.41, 5.74) is 1.26. The Balaban J connectivity index is 0.00000288. The molecule has 0 radical (unpaired) electrons. The Morgan fingerprint density at radius 3 is 2.75 bits per heavy atom. The molecule has 0 amide bonds. The van der Waals surface area contributed by atoms with E-state index in [2.05, 4.69) is 59.5 Å². The molecule has 0 saturated carbocycles. The Hall–Kier alpha value is -1.18. The van der Waals surface area contributed by atoms with Crippen LogP contribution in [0.25, 0.3) is 0 Å². The quantitative estimate of drug-likeness (QED) is 0.424. The van der Waals surface area contributed by atoms with Gasteiger partial charge >= 0.3 is 0 Å². The molecule has 0 aliphatic carbocycles. The fourth-order valence-corrected chi connectivity index (χ4v) is 2.82. The smallest absolute Gasteiger partial charge is 0.191 e. The van der Waals surface area contributed by atoms with Crippen molar-refractivity contribution < 1.29 is 4.74 Å². The first-order valence-electron chi connectivity index (χ1n) is 8.29. The van der Waals surface area contributed by atoms with Crippen molar-refractivity contribution in [1.82, 2.24) is 10.6 Å². The highest BCUT2D eigenvalue weighted by Gasteiger charge is 2.23. The number of nitrogens with one attached hydrogen (secondary N) is 2. The van der Waals surface area contributed by atoms with Crippen LogP contribution in [0.15, 0.2) is 29.3 Å². The van der Waals surface area contributed by atoms with Gasteiger partial charge < -0.3 is 20.3 Å². The summed E-state index contributed by atoms with van der Waals surface area (Å²) in [6, 6.07) is 8.30. The molecule has 1 aromatic carbocycles. The van der Waals surface area contributed by atoms with Gasteiger partial charge in [0, 0.05) is 44.0 Å². The van der Waals surface area contributed by atoms with Gasteiger partial charge in [0.1, 0.15) is 5.75 Å². The van der Waals surface area contributed by atoms with E-state index in [9.17, 15) is 0 Å². The summed E-state index contributed by atoms with van der Waals surface area (Å²) in [6.45, 7) is 9.51. The number of halogens is 1. The van der Waals surface area contributed by atoms with E-state index in [4.69, 9.17) is 4.74 Å². The predicted octanol–water partition coefficient (Wildman–Crippen LogP) is 3.10. The first-order valence-corrected chi connectivity index (χ1v) is 8.29. The Morgan fingerprint density at radius 2 is 2.12 bits per heavy atom. The third-order valence-electron chi connectivity index (χ3n) is 3.98. The minimum atomic E-state index is 0. The molecule has 0 spiro atoms. The van der Waals surface area contributed by atoms with Crippen LogP contribution < -0.4 is 20.3 Å². The minimum Gasteiger partial charge on any atom is -0.497 e. The molecule has 6 heteroatoms. The average molecular weight is 446 g/mol. The number of hydrogen-bond acceptors (Lipinski definition) is 3. The molecule has 1 fully saturated rings. The Kier molecular flexibility index (Phi) is 8.12. The van der Waals surface area contributed by atoms with Crippen molar-refractivity contribution in [1.29, 1.82) is 0 Å². The zero-order valence-corrected chi connectivity index (χ0v) is 17.8. The molecule has 0 bridgehead atoms. The van der Waals surface area contributed by atoms with E-state index in [1.165, 1.54) is 12.1 Å². The van der Waals surface area contributed by atoms with Gasteiger partial charge in [0.25, 0.3) is 0 Å². The van der Waals surface area contributed by atoms with Gasteiger partial charge in [0.05, 0.1) is 7.11 Å². The van der Waals surface area contributed by atoms with Gasteiger partial charge in [-0.05, 0) is 45.2 Å². The standard InChI is InChI=1S/C18H30N4O.HI/c1-18(2,3)21-17(19-4)20-12-14-9-10-22(13-14)15-7-6-8-16(11-15)23-5;/h6-8,11,14H,9-10,12-13H2,1-5H3,(H2,19,20,21);1H. The van der Waals surface area contributed by atoms with Crippen LogP contribution >= 0.6 is 24.0 Å². The zero-order chi connectivity index (χ0) is 16.9. The summed E-state index contributed by atoms with van der Waals surface area (Å²) in [5.74, 6) is 2.41. The Bertz CT molecular complexity index is 542. The van der Waals surface area contributed by atoms with Crippen molar-refractivity contribution in [2.24, 2.45) is 10.9 Å². The highest BCUT2D eigenvalue weighted by atomic mass is 127. The molecule has 136 valence electrons. The maximum Gasteiger partial charge on any atom is 0.191 e. The van der Waals surface area contributed by atoms with Crippen molar-refractivity contribution in [3.05, 3.63) is 24.3 Å². The molecule has 2 rings (SSSR count). The molecule has 1 heterocycles. The zero-order valence-electron chi connectivity index (χ0n) is 15.4. The lowest BCUT2D eigenvalue weighted by atomic mass is 10.1. The van der Waals surface area contributed by atoms with Crippen LogP contribution in [0.5, 0.6) is 5.75 Å². The molecule has 1 aliphatic heterocycles. The normalized spacial score (nSPS) is 18.1. The van der Waals surface area contributed by atoms with Crippen LogP contribution in [0.1, 0.15) is 27.2 Å². The molecule has 24 heavy (non-hydrogen) atoms. The molecule has 0 aromatic heterocycles. The van der Waals surface area contributed by atoms with Gasteiger partial charge in [0.2, 0.25) is 0 Å². The number of benzene rings is 1. The summed E-state index contributed by atoms with van der Waals surface area (Å²) >= 11 is 0. The number of nitrogens with zero attached hydrogens (tertiary/aromatic N) is 2. The lowest BCUT2D eigenvalue weighted by molar-refractivity contribution is 0.415. The number of rotatable bonds is 4. The van der Waals surface area contributed by atoms with Crippen LogP contribution in [0.2, 0.25) is 0 Å². The number of guanidine groups is 1. The largest absolute Gasteiger partial charge is 0.497 e. The molecule has 2 N–H and O–H groups in total. The summed E-state index contributed by atoms with van der Waals surface area (Å²) in [5, 5.41) is 6.85. The van der Waals surface area contributed by atoms with Gasteiger partial charge in [-0.3, -0.25) is 4.99 Å². The van der Waals surface area contributed by atoms with Crippen molar-refractivity contribution in [2.75, 3.05) is 38.7 Å². The monoisotopic (exact) mass is 446 g/mol. The average Bonchev–Trinajstić information content (AvgIpc) is 2.99. The first-order chi connectivity index (χ1) is 10.9. The van der Waals surface area contributed by atoms with E-state index in [0.29, 0.717) is 5.92 Å². The highest BCUT2D eigenvalue weighted by Crippen LogP contribution is 2.26. The molecule has 1 saturated heterocycles. The maximum absolute atomic E-state index is 5.32. The van der Waals surface area contributed by atoms with Gasteiger partial charge in [-0.25, -0.2) is 0 Å². The van der Waals surface area contributed by atoms with E-state index >= 15 is 0 Å². The number of anilines is 1. The fourth-order valence-electron chi connectivity index (χ4n) is 2.82. The summed E-state index contributed by atoms with van der Waals surface area (Å²) in [6.07, 6.45) is 1.19. The number of methoxy groups -OCH3 is 1. The van der Waals surface area contributed by atoms with Gasteiger partial charge in [-0.1, -0.05) is 6.07 Å². The van der Waals surface area contributed by atoms with Gasteiger partial charge in [0.15, 0.2) is 5.96 Å². The van der Waals surface area contributed by atoms with Crippen molar-refractivity contribution >= 4 is 35.6 Å². The second-order valence-electron chi connectivity index (χ2n) is 7.13. The topological polar surface area (TPSA) is 48.9 Å². The summed E-state index contributed by atoms with van der Waals surface area (Å²) in [7, 11) is 3.53. The molecule has 5 nitrogen and oxygen atoms in total. The van der Waals surface area contributed by atoms with Crippen molar-refractivity contribution in [3.8, 4) is 5.75 Å².